The number of hydrogen-bond acceptors (Lipinski definition) is 3. The normalized spacial score (nSPS) is 21.3. The summed E-state index contributed by atoms with van der Waals surface area (Å²) in [4.78, 5) is 4.17. The second kappa shape index (κ2) is 6.32. The Kier molecular flexibility index (Phi) is 4.49. The molecule has 0 amide bonds. The van der Waals surface area contributed by atoms with Crippen molar-refractivity contribution in [1.82, 2.24) is 5.32 Å². The van der Waals surface area contributed by atoms with Crippen molar-refractivity contribution < 1.29 is 2.85 Å². The Bertz CT molecular complexity index is 466. The van der Waals surface area contributed by atoms with Crippen LogP contribution in [0.15, 0.2) is 40.1 Å². The van der Waals surface area contributed by atoms with Crippen LogP contribution in [-0.2, 0) is 0 Å². The van der Waals surface area contributed by atoms with Gasteiger partial charge in [0.25, 0.3) is 0 Å². The zero-order valence-electron chi connectivity index (χ0n) is 10.7. The molecule has 0 unspecified atom stereocenters. The number of hydrogen-bond donors (Lipinski definition) is 1. The average Bonchev–Trinajstić information content (AvgIpc) is 2.83. The summed E-state index contributed by atoms with van der Waals surface area (Å²) in [7, 11) is 0. The summed E-state index contributed by atoms with van der Waals surface area (Å²) in [5.74, 6) is 0. The van der Waals surface area contributed by atoms with Crippen molar-refractivity contribution in [3.05, 3.63) is 41.5 Å². The lowest BCUT2D eigenvalue weighted by Gasteiger charge is -2.08. The minimum Gasteiger partial charge on any atom is -0.317 e. The maximum Gasteiger partial charge on any atom is 0.101 e. The van der Waals surface area contributed by atoms with Gasteiger partial charge in [-0.2, -0.15) is 5.26 Å². The van der Waals surface area contributed by atoms with E-state index in [-0.39, 0.29) is 2.85 Å². The largest absolute Gasteiger partial charge is 0.317 e. The van der Waals surface area contributed by atoms with Crippen LogP contribution in [0.1, 0.15) is 29.0 Å². The molecule has 3 rings (SSSR count). The van der Waals surface area contributed by atoms with Gasteiger partial charge in [-0.1, -0.05) is 18.6 Å². The van der Waals surface area contributed by atoms with Crippen molar-refractivity contribution >= 4 is 5.71 Å². The first kappa shape index (κ1) is 12.8. The molecule has 1 fully saturated rings. The van der Waals surface area contributed by atoms with Gasteiger partial charge >= 0.3 is 0 Å². The molecule has 1 radical (unpaired) electrons. The molecule has 1 saturated heterocycles. The summed E-state index contributed by atoms with van der Waals surface area (Å²) in [6.45, 7) is 4.50. The summed E-state index contributed by atoms with van der Waals surface area (Å²) in [5.41, 5.74) is 3.68. The molecule has 97 valence electrons. The van der Waals surface area contributed by atoms with Gasteiger partial charge in [0.15, 0.2) is 0 Å². The molecule has 18 heavy (non-hydrogen) atoms. The molecule has 3 heteroatoms. The maximum absolute atomic E-state index is 8.75. The highest BCUT2D eigenvalue weighted by molar-refractivity contribution is 6.20. The SMILES string of the molecule is C1CCNCC1.CC1=CN=C2C(C#N)=C[CH]C=C12.[HH].[HH]. The fourth-order valence-corrected chi connectivity index (χ4v) is 2.12. The molecule has 2 heterocycles. The number of nitrogens with one attached hydrogen (secondary N) is 1. The molecular formula is C15H22N3. The second-order valence-electron chi connectivity index (χ2n) is 4.57. The molecule has 3 aliphatic rings. The van der Waals surface area contributed by atoms with Crippen molar-refractivity contribution in [3.8, 4) is 6.07 Å². The average molecular weight is 244 g/mol. The van der Waals surface area contributed by atoms with Gasteiger partial charge in [0.05, 0.1) is 11.3 Å². The summed E-state index contributed by atoms with van der Waals surface area (Å²) in [5, 5.41) is 12.0. The van der Waals surface area contributed by atoms with Crippen LogP contribution in [-0.4, -0.2) is 18.8 Å². The van der Waals surface area contributed by atoms with Crippen LogP contribution in [0, 0.1) is 17.8 Å². The first-order valence-electron chi connectivity index (χ1n) is 6.45. The number of piperidine rings is 1. The van der Waals surface area contributed by atoms with Crippen LogP contribution < -0.4 is 5.32 Å². The number of nitrogens with zero attached hydrogens (tertiary/aromatic N) is 2. The van der Waals surface area contributed by atoms with Gasteiger partial charge in [-0.05, 0) is 38.4 Å². The highest BCUT2D eigenvalue weighted by atomic mass is 14.9. The number of allylic oxidation sites excluding steroid dienone is 5. The van der Waals surface area contributed by atoms with Crippen molar-refractivity contribution in [3.63, 3.8) is 0 Å². The zero-order chi connectivity index (χ0) is 12.8. The Morgan fingerprint density at radius 2 is 2.06 bits per heavy atom. The third-order valence-corrected chi connectivity index (χ3v) is 3.18. The smallest absolute Gasteiger partial charge is 0.101 e. The van der Waals surface area contributed by atoms with Gasteiger partial charge in [0, 0.05) is 21.0 Å². The fraction of sp³-hybridized carbons (Fsp3) is 0.400. The highest BCUT2D eigenvalue weighted by Gasteiger charge is 2.20. The molecule has 0 saturated carbocycles. The summed E-state index contributed by atoms with van der Waals surface area (Å²) >= 11 is 0. The predicted octanol–water partition coefficient (Wildman–Crippen LogP) is 3.19. The van der Waals surface area contributed by atoms with E-state index in [1.54, 1.807) is 12.3 Å². The summed E-state index contributed by atoms with van der Waals surface area (Å²) in [6, 6.07) is 2.12. The maximum atomic E-state index is 8.75. The van der Waals surface area contributed by atoms with Crippen molar-refractivity contribution in [2.75, 3.05) is 13.1 Å². The standard InChI is InChI=1S/C10H7N2.C5H11N.2H2/c1-7-6-12-10-8(5-11)3-2-4-9(7)10;1-2-4-6-5-3-1;;/h2-4,6H,1H3;6H,1-5H2;2*1H. The van der Waals surface area contributed by atoms with Crippen molar-refractivity contribution in [2.45, 2.75) is 26.2 Å². The molecule has 2 aliphatic heterocycles. The molecule has 0 aromatic heterocycles. The van der Waals surface area contributed by atoms with E-state index in [2.05, 4.69) is 16.4 Å². The molecule has 0 atom stereocenters. The van der Waals surface area contributed by atoms with E-state index in [0.29, 0.717) is 5.57 Å². The van der Waals surface area contributed by atoms with Crippen LogP contribution in [0.3, 0.4) is 0 Å². The first-order chi connectivity index (χ1) is 8.83. The molecule has 3 nitrogen and oxygen atoms in total. The van der Waals surface area contributed by atoms with Crippen LogP contribution in [0.25, 0.3) is 0 Å². The Hall–Kier alpha value is -1.66. The topological polar surface area (TPSA) is 48.2 Å². The van der Waals surface area contributed by atoms with E-state index in [0.717, 1.165) is 16.9 Å². The first-order valence-corrected chi connectivity index (χ1v) is 6.45. The third kappa shape index (κ3) is 2.96. The van der Waals surface area contributed by atoms with Gasteiger partial charge in [-0.3, -0.25) is 4.99 Å². The van der Waals surface area contributed by atoms with Gasteiger partial charge in [0.1, 0.15) is 6.07 Å². The monoisotopic (exact) mass is 244 g/mol. The van der Waals surface area contributed by atoms with E-state index < -0.39 is 0 Å². The zero-order valence-corrected chi connectivity index (χ0v) is 10.7. The molecule has 1 N–H and O–H groups in total. The molecule has 0 aromatic rings. The number of nitriles is 1. The Labute approximate surface area is 112 Å². The van der Waals surface area contributed by atoms with Crippen LogP contribution in [0.2, 0.25) is 0 Å². The summed E-state index contributed by atoms with van der Waals surface area (Å²) in [6.07, 6.45) is 11.7. The molecule has 1 aliphatic carbocycles. The quantitative estimate of drug-likeness (QED) is 0.711. The minimum absolute atomic E-state index is 0. The van der Waals surface area contributed by atoms with E-state index in [1.165, 1.54) is 32.4 Å². The van der Waals surface area contributed by atoms with Crippen LogP contribution in [0.5, 0.6) is 0 Å². The van der Waals surface area contributed by atoms with Gasteiger partial charge in [-0.25, -0.2) is 0 Å². The lowest BCUT2D eigenvalue weighted by Crippen LogP contribution is -2.21. The lowest BCUT2D eigenvalue weighted by atomic mass is 9.94. The lowest BCUT2D eigenvalue weighted by molar-refractivity contribution is 0.520. The van der Waals surface area contributed by atoms with Crippen molar-refractivity contribution in [1.29, 1.82) is 5.26 Å². The third-order valence-electron chi connectivity index (χ3n) is 3.18. The van der Waals surface area contributed by atoms with Crippen LogP contribution in [0.4, 0.5) is 0 Å². The molecule has 0 bridgehead atoms. The highest BCUT2D eigenvalue weighted by Crippen LogP contribution is 2.26. The molecule has 0 spiro atoms. The van der Waals surface area contributed by atoms with Gasteiger partial charge in [-0.15, -0.1) is 0 Å². The van der Waals surface area contributed by atoms with Gasteiger partial charge < -0.3 is 5.32 Å². The Morgan fingerprint density at radius 3 is 2.61 bits per heavy atom. The van der Waals surface area contributed by atoms with Crippen LogP contribution >= 0.6 is 0 Å². The Morgan fingerprint density at radius 1 is 1.28 bits per heavy atom. The van der Waals surface area contributed by atoms with E-state index in [1.807, 2.05) is 19.4 Å². The number of rotatable bonds is 0. The molecule has 0 aromatic carbocycles. The Balaban J connectivity index is 0.000000390. The van der Waals surface area contributed by atoms with E-state index in [4.69, 9.17) is 5.26 Å². The van der Waals surface area contributed by atoms with E-state index >= 15 is 0 Å². The number of fused-ring (bicyclic) bond motifs is 1. The fourth-order valence-electron chi connectivity index (χ4n) is 2.12. The van der Waals surface area contributed by atoms with Gasteiger partial charge in [0.2, 0.25) is 0 Å². The minimum atomic E-state index is 0. The predicted molar refractivity (Wildman–Crippen MR) is 78.2 cm³/mol. The summed E-state index contributed by atoms with van der Waals surface area (Å²) < 4.78 is 0. The van der Waals surface area contributed by atoms with Crippen molar-refractivity contribution in [2.24, 2.45) is 4.99 Å². The second-order valence-corrected chi connectivity index (χ2v) is 4.57. The molecular weight excluding hydrogens is 222 g/mol. The van der Waals surface area contributed by atoms with E-state index in [9.17, 15) is 0 Å². The number of aliphatic imine (C=N–C) groups is 1.